The van der Waals surface area contributed by atoms with Gasteiger partial charge in [-0.25, -0.2) is 15.0 Å². The molecule has 24 heavy (non-hydrogen) atoms. The monoisotopic (exact) mass is 344 g/mol. The van der Waals surface area contributed by atoms with E-state index in [1.165, 1.54) is 6.20 Å². The molecule has 1 fully saturated rings. The molecule has 8 heteroatoms. The second-order valence-electron chi connectivity index (χ2n) is 5.71. The Morgan fingerprint density at radius 3 is 2.92 bits per heavy atom. The highest BCUT2D eigenvalue weighted by Crippen LogP contribution is 2.31. The van der Waals surface area contributed by atoms with Gasteiger partial charge in [0.25, 0.3) is 0 Å². The first-order chi connectivity index (χ1) is 11.6. The van der Waals surface area contributed by atoms with Gasteiger partial charge in [0.2, 0.25) is 5.95 Å². The first kappa shape index (κ1) is 16.4. The third-order valence-corrected chi connectivity index (χ3v) is 4.37. The van der Waals surface area contributed by atoms with E-state index in [-0.39, 0.29) is 5.95 Å². The maximum absolute atomic E-state index is 9.50. The maximum atomic E-state index is 9.50. The molecule has 0 atom stereocenters. The molecule has 0 amide bonds. The zero-order chi connectivity index (χ0) is 17.0. The summed E-state index contributed by atoms with van der Waals surface area (Å²) in [6.07, 6.45) is 4.56. The van der Waals surface area contributed by atoms with Crippen LogP contribution in [-0.2, 0) is 4.74 Å². The second kappa shape index (κ2) is 6.99. The number of pyridine rings is 1. The maximum Gasteiger partial charge on any atom is 0.220 e. The third kappa shape index (κ3) is 3.55. The van der Waals surface area contributed by atoms with Gasteiger partial charge < -0.3 is 15.8 Å². The molecule has 0 aromatic carbocycles. The molecule has 0 saturated carbocycles. The summed E-state index contributed by atoms with van der Waals surface area (Å²) < 4.78 is 5.34. The average Bonchev–Trinajstić information content (AvgIpc) is 2.63. The van der Waals surface area contributed by atoms with Crippen LogP contribution in [0, 0.1) is 16.7 Å². The number of anilines is 2. The molecule has 1 aliphatic heterocycles. The number of nitrogens with two attached hydrogens (primary N) is 1. The number of aromatic nitrogens is 3. The highest BCUT2D eigenvalue weighted by molar-refractivity contribution is 6.32. The Bertz CT molecular complexity index is 769. The number of nitriles is 1. The van der Waals surface area contributed by atoms with Crippen molar-refractivity contribution in [2.24, 2.45) is 5.41 Å². The summed E-state index contributed by atoms with van der Waals surface area (Å²) in [5, 5.41) is 13.2. The van der Waals surface area contributed by atoms with E-state index in [4.69, 9.17) is 22.1 Å². The van der Waals surface area contributed by atoms with E-state index in [9.17, 15) is 5.26 Å². The van der Waals surface area contributed by atoms with Crippen molar-refractivity contribution in [2.45, 2.75) is 12.8 Å². The molecule has 1 aliphatic rings. The van der Waals surface area contributed by atoms with Gasteiger partial charge in [0, 0.05) is 31.5 Å². The molecule has 2 aromatic heterocycles. The number of rotatable bonds is 4. The van der Waals surface area contributed by atoms with Crippen molar-refractivity contribution in [3.8, 4) is 17.3 Å². The molecule has 2 aromatic rings. The minimum absolute atomic E-state index is 0.159. The zero-order valence-corrected chi connectivity index (χ0v) is 13.8. The highest BCUT2D eigenvalue weighted by Gasteiger charge is 2.32. The van der Waals surface area contributed by atoms with Crippen LogP contribution in [0.4, 0.5) is 11.8 Å². The van der Waals surface area contributed by atoms with Crippen LogP contribution in [0.3, 0.4) is 0 Å². The van der Waals surface area contributed by atoms with E-state index < -0.39 is 5.41 Å². The van der Waals surface area contributed by atoms with Crippen LogP contribution < -0.4 is 11.1 Å². The number of hydrogen-bond donors (Lipinski definition) is 2. The fourth-order valence-electron chi connectivity index (χ4n) is 2.61. The van der Waals surface area contributed by atoms with E-state index >= 15 is 0 Å². The summed E-state index contributed by atoms with van der Waals surface area (Å²) in [6.45, 7) is 1.74. The van der Waals surface area contributed by atoms with Crippen molar-refractivity contribution >= 4 is 23.4 Å². The number of nitrogen functional groups attached to an aromatic ring is 1. The van der Waals surface area contributed by atoms with Gasteiger partial charge >= 0.3 is 0 Å². The Morgan fingerprint density at radius 1 is 1.38 bits per heavy atom. The Morgan fingerprint density at radius 2 is 2.17 bits per heavy atom. The van der Waals surface area contributed by atoms with E-state index in [0.29, 0.717) is 49.1 Å². The number of ether oxygens (including phenoxy) is 1. The molecule has 0 bridgehead atoms. The van der Waals surface area contributed by atoms with Crippen molar-refractivity contribution in [2.75, 3.05) is 30.8 Å². The van der Waals surface area contributed by atoms with Crippen LogP contribution in [0.2, 0.25) is 5.02 Å². The minimum Gasteiger partial charge on any atom is -0.381 e. The van der Waals surface area contributed by atoms with Crippen molar-refractivity contribution in [1.29, 1.82) is 5.26 Å². The fraction of sp³-hybridized carbons (Fsp3) is 0.375. The topological polar surface area (TPSA) is 110 Å². The lowest BCUT2D eigenvalue weighted by Gasteiger charge is -2.30. The molecule has 7 nitrogen and oxygen atoms in total. The van der Waals surface area contributed by atoms with Gasteiger partial charge in [-0.05, 0) is 25.0 Å². The molecule has 1 saturated heterocycles. The molecule has 124 valence electrons. The van der Waals surface area contributed by atoms with Gasteiger partial charge in [0.1, 0.15) is 5.82 Å². The van der Waals surface area contributed by atoms with E-state index in [2.05, 4.69) is 26.3 Å². The van der Waals surface area contributed by atoms with Crippen molar-refractivity contribution in [3.05, 3.63) is 29.5 Å². The Balaban J connectivity index is 1.78. The number of nitrogens with one attached hydrogen (secondary N) is 1. The molecular weight excluding hydrogens is 328 g/mol. The van der Waals surface area contributed by atoms with Gasteiger partial charge in [0.05, 0.1) is 28.4 Å². The van der Waals surface area contributed by atoms with Crippen LogP contribution >= 0.6 is 11.6 Å². The summed E-state index contributed by atoms with van der Waals surface area (Å²) in [6, 6.07) is 6.05. The van der Waals surface area contributed by atoms with Gasteiger partial charge in [-0.1, -0.05) is 11.6 Å². The predicted octanol–water partition coefficient (Wildman–Crippen LogP) is 2.51. The van der Waals surface area contributed by atoms with Gasteiger partial charge in [0.15, 0.2) is 0 Å². The highest BCUT2D eigenvalue weighted by atomic mass is 35.5. The van der Waals surface area contributed by atoms with Gasteiger partial charge in [-0.3, -0.25) is 0 Å². The molecule has 3 N–H and O–H groups in total. The smallest absolute Gasteiger partial charge is 0.220 e. The molecule has 3 rings (SSSR count). The molecule has 0 spiro atoms. The number of nitrogens with zero attached hydrogens (tertiary/aromatic N) is 4. The molecule has 0 aliphatic carbocycles. The largest absolute Gasteiger partial charge is 0.381 e. The zero-order valence-electron chi connectivity index (χ0n) is 13.0. The standard InChI is InChI=1S/C16H17ClN6O/c17-12-8-21-15(19)23-14(12)11-1-4-20-13(7-11)22-10-16(9-18)2-5-24-6-3-16/h1,4,7-8H,2-3,5-6,10H2,(H,20,22)(H2,19,21,23). The van der Waals surface area contributed by atoms with Crippen LogP contribution in [0.25, 0.3) is 11.3 Å². The second-order valence-corrected chi connectivity index (χ2v) is 6.12. The Labute approximate surface area is 144 Å². The van der Waals surface area contributed by atoms with Crippen LogP contribution in [0.15, 0.2) is 24.5 Å². The van der Waals surface area contributed by atoms with Crippen molar-refractivity contribution in [1.82, 2.24) is 15.0 Å². The van der Waals surface area contributed by atoms with E-state index in [1.54, 1.807) is 12.3 Å². The molecule has 0 radical (unpaired) electrons. The Kier molecular flexibility index (Phi) is 4.79. The number of hydrogen-bond acceptors (Lipinski definition) is 7. The third-order valence-electron chi connectivity index (χ3n) is 4.09. The normalized spacial score (nSPS) is 16.3. The lowest BCUT2D eigenvalue weighted by molar-refractivity contribution is 0.0455. The fourth-order valence-corrected chi connectivity index (χ4v) is 2.81. The average molecular weight is 345 g/mol. The quantitative estimate of drug-likeness (QED) is 0.876. The van der Waals surface area contributed by atoms with E-state index in [1.807, 2.05) is 6.07 Å². The first-order valence-corrected chi connectivity index (χ1v) is 7.97. The van der Waals surface area contributed by atoms with Crippen molar-refractivity contribution in [3.63, 3.8) is 0 Å². The molecule has 3 heterocycles. The first-order valence-electron chi connectivity index (χ1n) is 7.59. The lowest BCUT2D eigenvalue weighted by Crippen LogP contribution is -2.34. The summed E-state index contributed by atoms with van der Waals surface area (Å²) in [5.41, 5.74) is 6.54. The van der Waals surface area contributed by atoms with Crippen LogP contribution in [-0.4, -0.2) is 34.7 Å². The van der Waals surface area contributed by atoms with Crippen LogP contribution in [0.5, 0.6) is 0 Å². The SMILES string of the molecule is N#CC1(CNc2cc(-c3nc(N)ncc3Cl)ccn2)CCOCC1. The van der Waals surface area contributed by atoms with Crippen LogP contribution in [0.1, 0.15) is 12.8 Å². The summed E-state index contributed by atoms with van der Waals surface area (Å²) in [7, 11) is 0. The lowest BCUT2D eigenvalue weighted by atomic mass is 9.82. The molecular formula is C16H17ClN6O. The predicted molar refractivity (Wildman–Crippen MR) is 91.3 cm³/mol. The van der Waals surface area contributed by atoms with E-state index in [0.717, 1.165) is 5.56 Å². The summed E-state index contributed by atoms with van der Waals surface area (Å²) >= 11 is 6.15. The van der Waals surface area contributed by atoms with Gasteiger partial charge in [-0.15, -0.1) is 0 Å². The summed E-state index contributed by atoms with van der Waals surface area (Å²) in [4.78, 5) is 12.3. The Hall–Kier alpha value is -2.43. The number of halogens is 1. The van der Waals surface area contributed by atoms with Crippen molar-refractivity contribution < 1.29 is 4.74 Å². The summed E-state index contributed by atoms with van der Waals surface area (Å²) in [5.74, 6) is 0.813. The minimum atomic E-state index is -0.424. The molecule has 0 unspecified atom stereocenters. The van der Waals surface area contributed by atoms with Gasteiger partial charge in [-0.2, -0.15) is 5.26 Å².